The van der Waals surface area contributed by atoms with Crippen molar-refractivity contribution in [3.8, 4) is 0 Å². The fourth-order valence-corrected chi connectivity index (χ4v) is 2.44. The minimum atomic E-state index is -0.933. The topological polar surface area (TPSA) is 99.2 Å². The number of fused-ring (bicyclic) bond motifs is 1. The minimum Gasteiger partial charge on any atom is -0.478 e. The first-order valence-corrected chi connectivity index (χ1v) is 6.15. The van der Waals surface area contributed by atoms with Crippen LogP contribution in [0.4, 0.5) is 0 Å². The van der Waals surface area contributed by atoms with E-state index in [2.05, 4.69) is 15.2 Å². The van der Waals surface area contributed by atoms with Crippen LogP contribution in [0.3, 0.4) is 0 Å². The van der Waals surface area contributed by atoms with Gasteiger partial charge in [-0.05, 0) is 23.6 Å². The molecule has 1 aromatic heterocycles. The zero-order valence-corrected chi connectivity index (χ0v) is 10.5. The van der Waals surface area contributed by atoms with Crippen LogP contribution < -0.4 is 0 Å². The maximum absolute atomic E-state index is 12.2. The molecule has 7 nitrogen and oxygen atoms in total. The number of carboxylic acids is 1. The van der Waals surface area contributed by atoms with Gasteiger partial charge in [0.1, 0.15) is 6.33 Å². The molecule has 0 radical (unpaired) electrons. The standard InChI is InChI=1S/C13H12N4O3/c18-12(11-14-7-15-16-11)17-5-4-9-8(6-17)2-1-3-10(9)13(19)20/h1-3,7H,4-6H2,(H,19,20)(H,14,15,16). The summed E-state index contributed by atoms with van der Waals surface area (Å²) >= 11 is 0. The van der Waals surface area contributed by atoms with Gasteiger partial charge in [0.2, 0.25) is 5.82 Å². The average Bonchev–Trinajstić information content (AvgIpc) is 2.99. The number of aromatic carboxylic acids is 1. The van der Waals surface area contributed by atoms with Gasteiger partial charge in [-0.15, -0.1) is 0 Å². The van der Waals surface area contributed by atoms with Gasteiger partial charge in [-0.2, -0.15) is 5.10 Å². The summed E-state index contributed by atoms with van der Waals surface area (Å²) in [5.74, 6) is -0.964. The highest BCUT2D eigenvalue weighted by Crippen LogP contribution is 2.23. The van der Waals surface area contributed by atoms with E-state index < -0.39 is 5.97 Å². The lowest BCUT2D eigenvalue weighted by Crippen LogP contribution is -2.37. The van der Waals surface area contributed by atoms with E-state index in [4.69, 9.17) is 5.11 Å². The van der Waals surface area contributed by atoms with E-state index in [1.54, 1.807) is 17.0 Å². The predicted molar refractivity (Wildman–Crippen MR) is 68.2 cm³/mol. The molecule has 0 atom stereocenters. The van der Waals surface area contributed by atoms with E-state index in [0.29, 0.717) is 25.1 Å². The number of hydrogen-bond acceptors (Lipinski definition) is 4. The van der Waals surface area contributed by atoms with Crippen molar-refractivity contribution in [2.45, 2.75) is 13.0 Å². The number of amides is 1. The van der Waals surface area contributed by atoms with Gasteiger partial charge in [0.15, 0.2) is 0 Å². The van der Waals surface area contributed by atoms with Gasteiger partial charge < -0.3 is 10.0 Å². The molecule has 20 heavy (non-hydrogen) atoms. The second kappa shape index (κ2) is 4.76. The van der Waals surface area contributed by atoms with Gasteiger partial charge >= 0.3 is 5.97 Å². The van der Waals surface area contributed by atoms with Crippen LogP contribution in [0.1, 0.15) is 32.1 Å². The Morgan fingerprint density at radius 1 is 1.35 bits per heavy atom. The maximum atomic E-state index is 12.2. The van der Waals surface area contributed by atoms with E-state index in [0.717, 1.165) is 11.1 Å². The Morgan fingerprint density at radius 2 is 2.20 bits per heavy atom. The number of rotatable bonds is 2. The molecule has 2 N–H and O–H groups in total. The maximum Gasteiger partial charge on any atom is 0.335 e. The molecule has 3 rings (SSSR count). The highest BCUT2D eigenvalue weighted by molar-refractivity contribution is 5.92. The van der Waals surface area contributed by atoms with Gasteiger partial charge in [0.05, 0.1) is 5.56 Å². The fraction of sp³-hybridized carbons (Fsp3) is 0.231. The van der Waals surface area contributed by atoms with Crippen LogP contribution in [0.15, 0.2) is 24.5 Å². The normalized spacial score (nSPS) is 13.9. The summed E-state index contributed by atoms with van der Waals surface area (Å²) < 4.78 is 0. The Morgan fingerprint density at radius 3 is 2.90 bits per heavy atom. The Balaban J connectivity index is 1.88. The quantitative estimate of drug-likeness (QED) is 0.838. The van der Waals surface area contributed by atoms with Crippen LogP contribution in [0.25, 0.3) is 0 Å². The van der Waals surface area contributed by atoms with Crippen molar-refractivity contribution in [1.82, 2.24) is 20.1 Å². The second-order valence-electron chi connectivity index (χ2n) is 4.56. The van der Waals surface area contributed by atoms with E-state index in [9.17, 15) is 9.59 Å². The van der Waals surface area contributed by atoms with Crippen molar-refractivity contribution >= 4 is 11.9 Å². The first-order chi connectivity index (χ1) is 9.66. The van der Waals surface area contributed by atoms with E-state index >= 15 is 0 Å². The molecule has 0 spiro atoms. The SMILES string of the molecule is O=C(O)c1cccc2c1CCN(C(=O)c1ncn[nH]1)C2. The van der Waals surface area contributed by atoms with Gasteiger partial charge in [0.25, 0.3) is 5.91 Å². The Bertz CT molecular complexity index is 666. The molecule has 0 saturated carbocycles. The monoisotopic (exact) mass is 272 g/mol. The fourth-order valence-electron chi connectivity index (χ4n) is 2.44. The molecule has 1 aromatic carbocycles. The molecular weight excluding hydrogens is 260 g/mol. The van der Waals surface area contributed by atoms with Crippen LogP contribution >= 0.6 is 0 Å². The molecule has 2 heterocycles. The van der Waals surface area contributed by atoms with E-state index in [1.165, 1.54) is 6.33 Å². The summed E-state index contributed by atoms with van der Waals surface area (Å²) in [5, 5.41) is 15.4. The molecule has 1 amide bonds. The van der Waals surface area contributed by atoms with Gasteiger partial charge in [0, 0.05) is 13.1 Å². The summed E-state index contributed by atoms with van der Waals surface area (Å²) in [5.41, 5.74) is 1.99. The molecule has 2 aromatic rings. The van der Waals surface area contributed by atoms with Crippen molar-refractivity contribution in [3.05, 3.63) is 47.0 Å². The zero-order valence-electron chi connectivity index (χ0n) is 10.5. The largest absolute Gasteiger partial charge is 0.478 e. The van der Waals surface area contributed by atoms with Crippen LogP contribution in [0.2, 0.25) is 0 Å². The Labute approximate surface area is 114 Å². The van der Waals surface area contributed by atoms with Crippen LogP contribution in [0, 0.1) is 0 Å². The number of carboxylic acid groups (broad SMARTS) is 1. The lowest BCUT2D eigenvalue weighted by atomic mass is 9.94. The molecule has 0 saturated heterocycles. The first-order valence-electron chi connectivity index (χ1n) is 6.15. The van der Waals surface area contributed by atoms with Gasteiger partial charge in [-0.3, -0.25) is 9.89 Å². The first kappa shape index (κ1) is 12.3. The third-order valence-corrected chi connectivity index (χ3v) is 3.40. The lowest BCUT2D eigenvalue weighted by Gasteiger charge is -2.28. The van der Waals surface area contributed by atoms with Crippen molar-refractivity contribution in [3.63, 3.8) is 0 Å². The van der Waals surface area contributed by atoms with Crippen molar-refractivity contribution < 1.29 is 14.7 Å². The molecule has 1 aliphatic heterocycles. The molecule has 0 unspecified atom stereocenters. The lowest BCUT2D eigenvalue weighted by molar-refractivity contribution is 0.0693. The molecule has 102 valence electrons. The number of nitrogens with one attached hydrogen (secondary N) is 1. The van der Waals surface area contributed by atoms with E-state index in [1.807, 2.05) is 6.07 Å². The highest BCUT2D eigenvalue weighted by Gasteiger charge is 2.25. The molecule has 7 heteroatoms. The molecule has 0 bridgehead atoms. The highest BCUT2D eigenvalue weighted by atomic mass is 16.4. The number of benzene rings is 1. The number of nitrogens with zero attached hydrogens (tertiary/aromatic N) is 3. The number of aromatic nitrogens is 3. The third-order valence-electron chi connectivity index (χ3n) is 3.40. The summed E-state index contributed by atoms with van der Waals surface area (Å²) in [6, 6.07) is 5.14. The minimum absolute atomic E-state index is 0.197. The van der Waals surface area contributed by atoms with Crippen molar-refractivity contribution in [2.24, 2.45) is 0 Å². The van der Waals surface area contributed by atoms with Gasteiger partial charge in [-0.1, -0.05) is 12.1 Å². The number of hydrogen-bond donors (Lipinski definition) is 2. The molecule has 0 aliphatic carbocycles. The van der Waals surface area contributed by atoms with Crippen molar-refractivity contribution in [1.29, 1.82) is 0 Å². The average molecular weight is 272 g/mol. The number of H-pyrrole nitrogens is 1. The summed E-state index contributed by atoms with van der Waals surface area (Å²) in [6.45, 7) is 0.854. The predicted octanol–water partition coefficient (Wildman–Crippen LogP) is 0.701. The number of carbonyl (C=O) groups is 2. The Kier molecular flexibility index (Phi) is 2.94. The number of aromatic amines is 1. The summed E-state index contributed by atoms with van der Waals surface area (Å²) in [7, 11) is 0. The zero-order chi connectivity index (χ0) is 14.1. The van der Waals surface area contributed by atoms with Gasteiger partial charge in [-0.25, -0.2) is 9.78 Å². The summed E-state index contributed by atoms with van der Waals surface area (Å²) in [6.07, 6.45) is 1.81. The second-order valence-corrected chi connectivity index (χ2v) is 4.56. The smallest absolute Gasteiger partial charge is 0.335 e. The van der Waals surface area contributed by atoms with Crippen molar-refractivity contribution in [2.75, 3.05) is 6.54 Å². The molecular formula is C13H12N4O3. The van der Waals surface area contributed by atoms with Crippen LogP contribution in [0.5, 0.6) is 0 Å². The number of carbonyl (C=O) groups excluding carboxylic acids is 1. The molecule has 1 aliphatic rings. The molecule has 0 fully saturated rings. The third kappa shape index (κ3) is 2.03. The van der Waals surface area contributed by atoms with E-state index in [-0.39, 0.29) is 11.7 Å². The Hall–Kier alpha value is -2.70. The summed E-state index contributed by atoms with van der Waals surface area (Å²) in [4.78, 5) is 28.8. The van der Waals surface area contributed by atoms with Crippen LogP contribution in [-0.2, 0) is 13.0 Å². The van der Waals surface area contributed by atoms with Crippen LogP contribution in [-0.4, -0.2) is 43.6 Å².